The lowest BCUT2D eigenvalue weighted by molar-refractivity contribution is 0.524. The van der Waals surface area contributed by atoms with Gasteiger partial charge >= 0.3 is 0 Å². The first-order valence-electron chi connectivity index (χ1n) is 22.1. The standard InChI is InChI=1S/C59H44N6/c60-56(57(40-16-5-1-6-17-40)62-59(61)41-18-7-2-8-19-41)43-21-15-20-42(36-43)39-28-30-46(31-29-39)64-53-27-14-13-26-47(53)50-37-51-48-32-33-52-49(34-35-63(52)44-22-9-3-10-23-44)58(48)65(55(51)38-54(50)64)45-24-11-4-12-25-45/h1-38,56-57H,60H2,(H2,61,62). The highest BCUT2D eigenvalue weighted by atomic mass is 15.0. The van der Waals surface area contributed by atoms with Crippen molar-refractivity contribution in [2.75, 3.05) is 0 Å². The summed E-state index contributed by atoms with van der Waals surface area (Å²) in [7, 11) is 0. The molecule has 0 fully saturated rings. The van der Waals surface area contributed by atoms with Crippen molar-refractivity contribution in [2.45, 2.75) is 12.1 Å². The van der Waals surface area contributed by atoms with Crippen molar-refractivity contribution < 1.29 is 0 Å². The van der Waals surface area contributed by atoms with Gasteiger partial charge in [-0.15, -0.1) is 0 Å². The summed E-state index contributed by atoms with van der Waals surface area (Å²) >= 11 is 0. The molecular weight excluding hydrogens is 793 g/mol. The summed E-state index contributed by atoms with van der Waals surface area (Å²) in [6, 6.07) is 78.3. The molecule has 3 aromatic heterocycles. The van der Waals surface area contributed by atoms with Crippen LogP contribution in [-0.4, -0.2) is 19.5 Å². The van der Waals surface area contributed by atoms with Crippen LogP contribution in [0.5, 0.6) is 0 Å². The van der Waals surface area contributed by atoms with Gasteiger partial charge < -0.3 is 24.8 Å². The van der Waals surface area contributed by atoms with Crippen LogP contribution in [0.2, 0.25) is 0 Å². The van der Waals surface area contributed by atoms with E-state index < -0.39 is 6.04 Å². The molecule has 2 atom stereocenters. The van der Waals surface area contributed by atoms with E-state index in [1.54, 1.807) is 0 Å². The molecule has 0 aliphatic rings. The van der Waals surface area contributed by atoms with Crippen LogP contribution in [0.4, 0.5) is 0 Å². The Balaban J connectivity index is 0.964. The number of hydrogen-bond acceptors (Lipinski definition) is 2. The minimum Gasteiger partial charge on any atom is -0.361 e. The fourth-order valence-corrected chi connectivity index (χ4v) is 9.93. The Morgan fingerprint density at radius 3 is 1.78 bits per heavy atom. The number of nitrogens with zero attached hydrogens (tertiary/aromatic N) is 3. The van der Waals surface area contributed by atoms with E-state index in [2.05, 4.69) is 201 Å². The average Bonchev–Trinajstić information content (AvgIpc) is 4.06. The van der Waals surface area contributed by atoms with Gasteiger partial charge in [-0.3, -0.25) is 5.41 Å². The Morgan fingerprint density at radius 1 is 0.415 bits per heavy atom. The van der Waals surface area contributed by atoms with Crippen LogP contribution in [-0.2, 0) is 0 Å². The lowest BCUT2D eigenvalue weighted by Crippen LogP contribution is -2.36. The van der Waals surface area contributed by atoms with Gasteiger partial charge in [-0.2, -0.15) is 0 Å². The summed E-state index contributed by atoms with van der Waals surface area (Å²) in [6.07, 6.45) is 2.19. The summed E-state index contributed by atoms with van der Waals surface area (Å²) in [6.45, 7) is 0. The van der Waals surface area contributed by atoms with Crippen molar-refractivity contribution in [3.05, 3.63) is 247 Å². The van der Waals surface area contributed by atoms with Crippen LogP contribution in [0.25, 0.3) is 82.7 Å². The molecule has 12 rings (SSSR count). The Kier molecular flexibility index (Phi) is 9.25. The number of amidine groups is 1. The molecule has 4 N–H and O–H groups in total. The van der Waals surface area contributed by atoms with Crippen molar-refractivity contribution in [2.24, 2.45) is 5.73 Å². The van der Waals surface area contributed by atoms with E-state index >= 15 is 0 Å². The number of hydrogen-bond donors (Lipinski definition) is 3. The van der Waals surface area contributed by atoms with Crippen molar-refractivity contribution >= 4 is 60.4 Å². The molecule has 0 saturated carbocycles. The second-order valence-electron chi connectivity index (χ2n) is 16.8. The molecule has 0 aliphatic heterocycles. The maximum Gasteiger partial charge on any atom is 0.125 e. The largest absolute Gasteiger partial charge is 0.361 e. The fourth-order valence-electron chi connectivity index (χ4n) is 9.93. The van der Waals surface area contributed by atoms with Gasteiger partial charge in [-0.1, -0.05) is 152 Å². The summed E-state index contributed by atoms with van der Waals surface area (Å²) < 4.78 is 7.14. The Labute approximate surface area is 376 Å². The highest BCUT2D eigenvalue weighted by molar-refractivity contribution is 6.23. The van der Waals surface area contributed by atoms with Crippen molar-refractivity contribution in [1.82, 2.24) is 19.0 Å². The Bertz CT molecular complexity index is 3700. The van der Waals surface area contributed by atoms with Crippen LogP contribution in [0.1, 0.15) is 28.8 Å². The zero-order chi connectivity index (χ0) is 43.4. The number of rotatable bonds is 9. The minimum absolute atomic E-state index is 0.315. The van der Waals surface area contributed by atoms with Crippen molar-refractivity contribution in [1.29, 1.82) is 5.41 Å². The molecule has 6 heteroatoms. The normalized spacial score (nSPS) is 12.6. The quantitative estimate of drug-likeness (QED) is 0.100. The van der Waals surface area contributed by atoms with Gasteiger partial charge in [0, 0.05) is 55.8 Å². The molecule has 9 aromatic carbocycles. The molecule has 0 bridgehead atoms. The summed E-state index contributed by atoms with van der Waals surface area (Å²) in [5, 5.41) is 18.5. The average molecular weight is 837 g/mol. The van der Waals surface area contributed by atoms with Gasteiger partial charge in [-0.05, 0) is 95.1 Å². The number of benzene rings is 9. The number of nitrogens with one attached hydrogen (secondary N) is 2. The molecule has 6 nitrogen and oxygen atoms in total. The van der Waals surface area contributed by atoms with Gasteiger partial charge in [-0.25, -0.2) is 0 Å². The van der Waals surface area contributed by atoms with E-state index in [4.69, 9.17) is 11.1 Å². The summed E-state index contributed by atoms with van der Waals surface area (Å²) in [5.74, 6) is 0.338. The Morgan fingerprint density at radius 2 is 1.03 bits per heavy atom. The molecule has 12 aromatic rings. The predicted octanol–water partition coefficient (Wildman–Crippen LogP) is 13.8. The molecule has 0 radical (unpaired) electrons. The van der Waals surface area contributed by atoms with Gasteiger partial charge in [0.1, 0.15) is 5.84 Å². The molecule has 310 valence electrons. The zero-order valence-corrected chi connectivity index (χ0v) is 35.5. The van der Waals surface area contributed by atoms with Crippen LogP contribution in [0.15, 0.2) is 231 Å². The van der Waals surface area contributed by atoms with Crippen molar-refractivity contribution in [3.8, 4) is 28.2 Å². The van der Waals surface area contributed by atoms with E-state index in [0.29, 0.717) is 5.84 Å². The molecular formula is C59H44N6. The zero-order valence-electron chi connectivity index (χ0n) is 35.5. The molecule has 2 unspecified atom stereocenters. The first-order valence-corrected chi connectivity index (χ1v) is 22.1. The van der Waals surface area contributed by atoms with Crippen LogP contribution in [0, 0.1) is 5.41 Å². The molecule has 3 heterocycles. The molecule has 0 spiro atoms. The van der Waals surface area contributed by atoms with Gasteiger partial charge in [0.15, 0.2) is 0 Å². The van der Waals surface area contributed by atoms with Gasteiger partial charge in [0.2, 0.25) is 0 Å². The van der Waals surface area contributed by atoms with E-state index in [9.17, 15) is 0 Å². The molecule has 0 saturated heterocycles. The number of para-hydroxylation sites is 3. The smallest absolute Gasteiger partial charge is 0.125 e. The topological polar surface area (TPSA) is 76.7 Å². The van der Waals surface area contributed by atoms with E-state index in [-0.39, 0.29) is 6.04 Å². The molecule has 65 heavy (non-hydrogen) atoms. The number of aromatic nitrogens is 3. The number of nitrogens with two attached hydrogens (primary N) is 1. The summed E-state index contributed by atoms with van der Waals surface area (Å²) in [5.41, 5.74) is 21.4. The third-order valence-corrected chi connectivity index (χ3v) is 13.0. The molecule has 0 amide bonds. The van der Waals surface area contributed by atoms with Crippen LogP contribution < -0.4 is 11.1 Å². The van der Waals surface area contributed by atoms with Gasteiger partial charge in [0.25, 0.3) is 0 Å². The van der Waals surface area contributed by atoms with Crippen molar-refractivity contribution in [3.63, 3.8) is 0 Å². The second kappa shape index (κ2) is 15.7. The third kappa shape index (κ3) is 6.50. The van der Waals surface area contributed by atoms with Gasteiger partial charge in [0.05, 0.1) is 39.7 Å². The highest BCUT2D eigenvalue weighted by Gasteiger charge is 2.24. The molecule has 0 aliphatic carbocycles. The monoisotopic (exact) mass is 836 g/mol. The lowest BCUT2D eigenvalue weighted by atomic mass is 9.91. The highest BCUT2D eigenvalue weighted by Crippen LogP contribution is 2.42. The van der Waals surface area contributed by atoms with E-state index in [0.717, 1.165) is 61.4 Å². The predicted molar refractivity (Wildman–Crippen MR) is 270 cm³/mol. The van der Waals surface area contributed by atoms with Crippen LogP contribution >= 0.6 is 0 Å². The van der Waals surface area contributed by atoms with E-state index in [1.165, 1.54) is 38.0 Å². The third-order valence-electron chi connectivity index (χ3n) is 13.0. The van der Waals surface area contributed by atoms with E-state index in [1.807, 2.05) is 48.5 Å². The minimum atomic E-state index is -0.415. The lowest BCUT2D eigenvalue weighted by Gasteiger charge is -2.27. The maximum absolute atomic E-state index is 8.92. The maximum atomic E-state index is 8.92. The first-order chi connectivity index (χ1) is 32.1. The first kappa shape index (κ1) is 38.2. The SMILES string of the molecule is N=C(NC(c1ccccc1)C(N)c1cccc(-c2ccc(-n3c4ccccc4c4cc5c6ccc7c(ccn7-c7ccccc7)c6n(-c6ccccc6)c5cc43)cc2)c1)c1ccccc1. The Hall–Kier alpha value is -8.45. The second-order valence-corrected chi connectivity index (χ2v) is 16.8. The number of fused-ring (bicyclic) bond motifs is 8. The van der Waals surface area contributed by atoms with Crippen LogP contribution in [0.3, 0.4) is 0 Å². The summed E-state index contributed by atoms with van der Waals surface area (Å²) in [4.78, 5) is 0. The fraction of sp³-hybridized carbons (Fsp3) is 0.0339.